The Morgan fingerprint density at radius 3 is 1.87 bits per heavy atom. The van der Waals surface area contributed by atoms with Crippen LogP contribution in [0.4, 0.5) is 0 Å². The van der Waals surface area contributed by atoms with Gasteiger partial charge in [0.2, 0.25) is 11.5 Å². The van der Waals surface area contributed by atoms with Crippen LogP contribution in [0.25, 0.3) is 10.2 Å². The van der Waals surface area contributed by atoms with Crippen molar-refractivity contribution in [3.63, 3.8) is 0 Å². The third-order valence-corrected chi connectivity index (χ3v) is 6.91. The normalized spacial score (nSPS) is 10.7. The molecule has 0 aliphatic heterocycles. The van der Waals surface area contributed by atoms with Crippen LogP contribution in [-0.4, -0.2) is 37.9 Å². The Kier molecular flexibility index (Phi) is 7.06. The summed E-state index contributed by atoms with van der Waals surface area (Å²) in [7, 11) is 4.29. The summed E-state index contributed by atoms with van der Waals surface area (Å²) in [6, 6.07) is 25.1. The topological polar surface area (TPSA) is 84.0 Å². The van der Waals surface area contributed by atoms with Gasteiger partial charge in [-0.3, -0.25) is 9.59 Å². The number of carbonyl (C=O) groups is 2. The molecular weight excluding hydrogens is 502 g/mol. The molecule has 0 atom stereocenters. The van der Waals surface area contributed by atoms with E-state index in [0.717, 1.165) is 10.2 Å². The maximum absolute atomic E-state index is 13.7. The number of benzene rings is 4. The minimum Gasteiger partial charge on any atom is -0.492 e. The molecule has 8 heteroatoms. The van der Waals surface area contributed by atoms with E-state index in [1.54, 1.807) is 24.3 Å². The minimum atomic E-state index is -0.385. The molecule has 0 saturated carbocycles. The third kappa shape index (κ3) is 4.69. The molecule has 7 nitrogen and oxygen atoms in total. The molecular formula is C30H23NO6S. The molecule has 1 heterocycles. The fourth-order valence-corrected chi connectivity index (χ4v) is 5.01. The second-order valence-electron chi connectivity index (χ2n) is 8.16. The number of carbonyl (C=O) groups excluding carboxylic acids is 2. The molecule has 5 aromatic rings. The smallest absolute Gasteiger partial charge is 0.225 e. The zero-order chi connectivity index (χ0) is 26.6. The molecule has 0 saturated heterocycles. The molecule has 0 aliphatic rings. The molecule has 0 N–H and O–H groups in total. The van der Waals surface area contributed by atoms with E-state index < -0.39 is 0 Å². The van der Waals surface area contributed by atoms with Gasteiger partial charge in [-0.2, -0.15) is 0 Å². The number of nitrogens with zero attached hydrogens (tertiary/aromatic N) is 1. The number of ether oxygens (including phenoxy) is 4. The zero-order valence-corrected chi connectivity index (χ0v) is 21.7. The Balaban J connectivity index is 1.55. The van der Waals surface area contributed by atoms with E-state index in [-0.39, 0.29) is 44.9 Å². The lowest BCUT2D eigenvalue weighted by atomic mass is 9.97. The number of thiazole rings is 1. The standard InChI is InChI=1S/C30H23NO6S/c1-34-27-21(25(32)18-13-15-20(16-14-18)37-19-9-5-4-6-10-19)17-22(28(35-2)29(27)36-3)26(33)30-31-23-11-7-8-12-24(23)38-30/h4-17H,1-3H3. The van der Waals surface area contributed by atoms with Crippen molar-refractivity contribution in [2.75, 3.05) is 21.3 Å². The molecule has 38 heavy (non-hydrogen) atoms. The van der Waals surface area contributed by atoms with Crippen LogP contribution in [0.5, 0.6) is 28.7 Å². The molecule has 5 rings (SSSR count). The Labute approximate surface area is 223 Å². The fraction of sp³-hybridized carbons (Fsp3) is 0.100. The van der Waals surface area contributed by atoms with E-state index in [1.165, 1.54) is 38.7 Å². The average Bonchev–Trinajstić information content (AvgIpc) is 3.40. The monoisotopic (exact) mass is 525 g/mol. The van der Waals surface area contributed by atoms with E-state index >= 15 is 0 Å². The van der Waals surface area contributed by atoms with Crippen molar-refractivity contribution in [2.24, 2.45) is 0 Å². The molecule has 0 radical (unpaired) electrons. The number of fused-ring (bicyclic) bond motifs is 1. The number of aromatic nitrogens is 1. The lowest BCUT2D eigenvalue weighted by Crippen LogP contribution is -2.11. The van der Waals surface area contributed by atoms with Crippen LogP contribution < -0.4 is 18.9 Å². The van der Waals surface area contributed by atoms with Crippen molar-refractivity contribution < 1.29 is 28.5 Å². The van der Waals surface area contributed by atoms with E-state index in [0.29, 0.717) is 17.1 Å². The van der Waals surface area contributed by atoms with E-state index in [1.807, 2.05) is 54.6 Å². The van der Waals surface area contributed by atoms with Crippen molar-refractivity contribution in [1.29, 1.82) is 0 Å². The summed E-state index contributed by atoms with van der Waals surface area (Å²) in [5.74, 6) is 1.01. The predicted molar refractivity (Wildman–Crippen MR) is 146 cm³/mol. The molecule has 0 unspecified atom stereocenters. The highest BCUT2D eigenvalue weighted by Crippen LogP contribution is 2.44. The second-order valence-corrected chi connectivity index (χ2v) is 9.19. The van der Waals surface area contributed by atoms with E-state index in [9.17, 15) is 9.59 Å². The minimum absolute atomic E-state index is 0.148. The van der Waals surface area contributed by atoms with Gasteiger partial charge in [-0.15, -0.1) is 11.3 Å². The van der Waals surface area contributed by atoms with Gasteiger partial charge in [0.25, 0.3) is 0 Å². The first-order chi connectivity index (χ1) is 18.5. The summed E-state index contributed by atoms with van der Waals surface area (Å²) in [6.07, 6.45) is 0. The van der Waals surface area contributed by atoms with Crippen LogP contribution in [0.1, 0.15) is 31.3 Å². The summed E-state index contributed by atoms with van der Waals surface area (Å²) in [5, 5.41) is 0.275. The van der Waals surface area contributed by atoms with Gasteiger partial charge in [-0.05, 0) is 54.6 Å². The molecule has 1 aromatic heterocycles. The summed E-state index contributed by atoms with van der Waals surface area (Å²) in [5.41, 5.74) is 1.41. The van der Waals surface area contributed by atoms with Crippen LogP contribution in [-0.2, 0) is 0 Å². The highest BCUT2D eigenvalue weighted by molar-refractivity contribution is 7.20. The van der Waals surface area contributed by atoms with Gasteiger partial charge >= 0.3 is 0 Å². The van der Waals surface area contributed by atoms with Crippen LogP contribution in [0, 0.1) is 0 Å². The summed E-state index contributed by atoms with van der Waals surface area (Å²) >= 11 is 1.27. The summed E-state index contributed by atoms with van der Waals surface area (Å²) < 4.78 is 23.4. The number of ketones is 2. The molecule has 4 aromatic carbocycles. The van der Waals surface area contributed by atoms with Gasteiger partial charge in [-0.25, -0.2) is 4.98 Å². The molecule has 0 spiro atoms. The Bertz CT molecular complexity index is 1590. The van der Waals surface area contributed by atoms with E-state index in [2.05, 4.69) is 4.98 Å². The zero-order valence-electron chi connectivity index (χ0n) is 20.9. The Hall–Kier alpha value is -4.69. The van der Waals surface area contributed by atoms with Crippen LogP contribution in [0.2, 0.25) is 0 Å². The number of para-hydroxylation sites is 2. The van der Waals surface area contributed by atoms with Crippen molar-refractivity contribution in [3.8, 4) is 28.7 Å². The summed E-state index contributed by atoms with van der Waals surface area (Å²) in [4.78, 5) is 31.8. The van der Waals surface area contributed by atoms with E-state index in [4.69, 9.17) is 18.9 Å². The summed E-state index contributed by atoms with van der Waals surface area (Å²) in [6.45, 7) is 0. The Morgan fingerprint density at radius 2 is 1.24 bits per heavy atom. The predicted octanol–water partition coefficient (Wildman–Crippen LogP) is 6.58. The van der Waals surface area contributed by atoms with Crippen molar-refractivity contribution in [3.05, 3.63) is 107 Å². The first-order valence-corrected chi connectivity index (χ1v) is 12.5. The SMILES string of the molecule is COc1c(C(=O)c2ccc(Oc3ccccc3)cc2)cc(C(=O)c2nc3ccccc3s2)c(OC)c1OC. The highest BCUT2D eigenvalue weighted by atomic mass is 32.1. The van der Waals surface area contributed by atoms with Gasteiger partial charge in [0, 0.05) is 5.56 Å². The largest absolute Gasteiger partial charge is 0.492 e. The lowest BCUT2D eigenvalue weighted by molar-refractivity contribution is 0.103. The first-order valence-electron chi connectivity index (χ1n) is 11.6. The van der Waals surface area contributed by atoms with Gasteiger partial charge in [0.05, 0.1) is 42.7 Å². The lowest BCUT2D eigenvalue weighted by Gasteiger charge is -2.18. The Morgan fingerprint density at radius 1 is 0.658 bits per heavy atom. The molecule has 190 valence electrons. The molecule has 0 fully saturated rings. The average molecular weight is 526 g/mol. The number of hydrogen-bond donors (Lipinski definition) is 0. The van der Waals surface area contributed by atoms with Crippen molar-refractivity contribution >= 4 is 33.1 Å². The van der Waals surface area contributed by atoms with Crippen molar-refractivity contribution in [1.82, 2.24) is 4.98 Å². The molecule has 0 amide bonds. The molecule has 0 bridgehead atoms. The number of rotatable bonds is 9. The van der Waals surface area contributed by atoms with Crippen LogP contribution in [0.3, 0.4) is 0 Å². The van der Waals surface area contributed by atoms with Crippen LogP contribution in [0.15, 0.2) is 84.9 Å². The number of methoxy groups -OCH3 is 3. The maximum Gasteiger partial charge on any atom is 0.225 e. The van der Waals surface area contributed by atoms with Gasteiger partial charge < -0.3 is 18.9 Å². The first kappa shape index (κ1) is 25.0. The van der Waals surface area contributed by atoms with Crippen LogP contribution >= 0.6 is 11.3 Å². The fourth-order valence-electron chi connectivity index (χ4n) is 4.09. The van der Waals surface area contributed by atoms with Gasteiger partial charge in [0.1, 0.15) is 11.5 Å². The van der Waals surface area contributed by atoms with Gasteiger partial charge in [0.15, 0.2) is 22.3 Å². The van der Waals surface area contributed by atoms with Gasteiger partial charge in [-0.1, -0.05) is 30.3 Å². The third-order valence-electron chi connectivity index (χ3n) is 5.88. The highest BCUT2D eigenvalue weighted by Gasteiger charge is 2.29. The quantitative estimate of drug-likeness (QED) is 0.201. The number of hydrogen-bond acceptors (Lipinski definition) is 8. The maximum atomic E-state index is 13.7. The molecule has 0 aliphatic carbocycles. The second kappa shape index (κ2) is 10.7. The van der Waals surface area contributed by atoms with Crippen molar-refractivity contribution in [2.45, 2.75) is 0 Å².